The van der Waals surface area contributed by atoms with Crippen LogP contribution in [-0.2, 0) is 26.0 Å². The molecular formula is C21H13F6N3O3S. The molecule has 0 aliphatic heterocycles. The molecule has 0 amide bonds. The van der Waals surface area contributed by atoms with Crippen LogP contribution in [-0.4, -0.2) is 13.5 Å². The fraction of sp³-hybridized carbons (Fsp3) is 0.190. The Morgan fingerprint density at radius 1 is 0.971 bits per heavy atom. The van der Waals surface area contributed by atoms with Gasteiger partial charge in [-0.3, -0.25) is 9.36 Å². The topological polar surface area (TPSA) is 66.1 Å². The fourth-order valence-corrected chi connectivity index (χ4v) is 4.09. The Morgan fingerprint density at radius 2 is 1.68 bits per heavy atom. The summed E-state index contributed by atoms with van der Waals surface area (Å²) >= 11 is 1.01. The molecule has 4 aromatic rings. The zero-order chi connectivity index (χ0) is 24.8. The second kappa shape index (κ2) is 8.31. The van der Waals surface area contributed by atoms with Gasteiger partial charge in [-0.05, 0) is 41.9 Å². The number of alkyl halides is 6. The summed E-state index contributed by atoms with van der Waals surface area (Å²) in [5.74, 6) is -0.403. The number of hydrogen-bond acceptors (Lipinski definition) is 5. The number of hydrogen-bond donors (Lipinski definition) is 0. The van der Waals surface area contributed by atoms with E-state index in [0.29, 0.717) is 25.3 Å². The van der Waals surface area contributed by atoms with E-state index in [0.717, 1.165) is 30.7 Å². The Labute approximate surface area is 190 Å². The quantitative estimate of drug-likeness (QED) is 0.378. The van der Waals surface area contributed by atoms with Gasteiger partial charge in [-0.1, -0.05) is 12.1 Å². The van der Waals surface area contributed by atoms with Crippen molar-refractivity contribution in [3.63, 3.8) is 0 Å². The van der Waals surface area contributed by atoms with Gasteiger partial charge in [-0.25, -0.2) is 9.36 Å². The molecule has 0 saturated carbocycles. The summed E-state index contributed by atoms with van der Waals surface area (Å²) < 4.78 is 89.8. The lowest BCUT2D eigenvalue weighted by Gasteiger charge is -2.14. The van der Waals surface area contributed by atoms with Crippen molar-refractivity contribution in [3.05, 3.63) is 86.3 Å². The zero-order valence-electron chi connectivity index (χ0n) is 17.1. The number of fused-ring (bicyclic) bond motifs is 1. The van der Waals surface area contributed by atoms with Gasteiger partial charge in [-0.15, -0.1) is 0 Å². The smallest absolute Gasteiger partial charge is 0.431 e. The molecule has 2 aromatic carbocycles. The summed E-state index contributed by atoms with van der Waals surface area (Å²) in [5.41, 5.74) is -4.54. The van der Waals surface area contributed by atoms with Crippen molar-refractivity contribution in [1.82, 2.24) is 13.5 Å². The summed E-state index contributed by atoms with van der Waals surface area (Å²) in [6, 6.07) is 9.17. The highest BCUT2D eigenvalue weighted by Gasteiger charge is 2.35. The molecule has 4 rings (SSSR count). The second-order valence-electron chi connectivity index (χ2n) is 7.13. The Morgan fingerprint density at radius 3 is 2.35 bits per heavy atom. The molecule has 0 saturated heterocycles. The molecule has 0 N–H and O–H groups in total. The van der Waals surface area contributed by atoms with E-state index in [1.54, 1.807) is 0 Å². The van der Waals surface area contributed by atoms with Gasteiger partial charge in [0.1, 0.15) is 18.1 Å². The lowest BCUT2D eigenvalue weighted by atomic mass is 10.2. The van der Waals surface area contributed by atoms with Crippen LogP contribution >= 0.6 is 11.5 Å². The van der Waals surface area contributed by atoms with Crippen LogP contribution in [0.2, 0.25) is 0 Å². The van der Waals surface area contributed by atoms with Crippen LogP contribution in [0.5, 0.6) is 5.75 Å². The Kier molecular flexibility index (Phi) is 5.75. The normalized spacial score (nSPS) is 12.3. The minimum absolute atomic E-state index is 0.0241. The SMILES string of the molecule is Cn1c(C(F)(F)F)cc(=O)n(-c2ccc3snc(COc4ccccc4C(F)(F)F)c3c2)c1=O. The average molecular weight is 501 g/mol. The number of halogens is 6. The molecule has 0 aliphatic carbocycles. The zero-order valence-corrected chi connectivity index (χ0v) is 17.9. The first-order chi connectivity index (χ1) is 15.9. The molecule has 178 valence electrons. The molecule has 0 radical (unpaired) electrons. The van der Waals surface area contributed by atoms with Gasteiger partial charge in [-0.2, -0.15) is 30.7 Å². The van der Waals surface area contributed by atoms with Gasteiger partial charge in [0.2, 0.25) is 0 Å². The number of para-hydroxylation sites is 1. The third-order valence-electron chi connectivity index (χ3n) is 4.95. The summed E-state index contributed by atoms with van der Waals surface area (Å²) in [4.78, 5) is 24.9. The van der Waals surface area contributed by atoms with Gasteiger partial charge in [0.25, 0.3) is 5.56 Å². The molecule has 0 unspecified atom stereocenters. The number of rotatable bonds is 4. The van der Waals surface area contributed by atoms with Gasteiger partial charge in [0, 0.05) is 18.5 Å². The lowest BCUT2D eigenvalue weighted by molar-refractivity contribution is -0.144. The Bertz CT molecular complexity index is 1500. The number of ether oxygens (including phenoxy) is 1. The number of nitrogens with zero attached hydrogens (tertiary/aromatic N) is 3. The van der Waals surface area contributed by atoms with E-state index in [1.165, 1.54) is 30.3 Å². The third kappa shape index (κ3) is 4.30. The highest BCUT2D eigenvalue weighted by molar-refractivity contribution is 7.13. The van der Waals surface area contributed by atoms with Crippen LogP contribution in [0, 0.1) is 0 Å². The maximum atomic E-state index is 13.2. The second-order valence-corrected chi connectivity index (χ2v) is 7.94. The van der Waals surface area contributed by atoms with E-state index < -0.39 is 40.6 Å². The average Bonchev–Trinajstić information content (AvgIpc) is 3.16. The first-order valence-electron chi connectivity index (χ1n) is 9.46. The van der Waals surface area contributed by atoms with E-state index in [9.17, 15) is 35.9 Å². The first kappa shape index (κ1) is 23.5. The molecule has 0 fully saturated rings. The standard InChI is InChI=1S/C21H13F6N3O3S/c1-29-17(21(25,26)27)9-18(31)30(19(29)32)11-6-7-16-12(8-11)14(28-34-16)10-33-15-5-3-2-4-13(15)20(22,23)24/h2-9H,10H2,1H3. The molecular weight excluding hydrogens is 488 g/mol. The fourth-order valence-electron chi connectivity index (χ4n) is 3.33. The van der Waals surface area contributed by atoms with Crippen LogP contribution in [0.4, 0.5) is 26.3 Å². The van der Waals surface area contributed by atoms with E-state index in [1.807, 2.05) is 0 Å². The molecule has 0 atom stereocenters. The van der Waals surface area contributed by atoms with Crippen LogP contribution < -0.4 is 16.0 Å². The number of aromatic nitrogens is 3. The highest BCUT2D eigenvalue weighted by Crippen LogP contribution is 2.36. The maximum Gasteiger partial charge on any atom is 0.431 e. The molecule has 13 heteroatoms. The molecule has 2 heterocycles. The van der Waals surface area contributed by atoms with Gasteiger partial charge < -0.3 is 4.74 Å². The van der Waals surface area contributed by atoms with E-state index in [-0.39, 0.29) is 18.0 Å². The first-order valence-corrected chi connectivity index (χ1v) is 10.2. The minimum atomic E-state index is -4.90. The van der Waals surface area contributed by atoms with Crippen molar-refractivity contribution in [1.29, 1.82) is 0 Å². The molecule has 0 bridgehead atoms. The summed E-state index contributed by atoms with van der Waals surface area (Å²) in [5, 5.41) is 0.376. The summed E-state index contributed by atoms with van der Waals surface area (Å²) in [7, 11) is 0.892. The van der Waals surface area contributed by atoms with Crippen LogP contribution in [0.1, 0.15) is 17.0 Å². The Balaban J connectivity index is 1.74. The van der Waals surface area contributed by atoms with Gasteiger partial charge in [0.05, 0.1) is 21.6 Å². The van der Waals surface area contributed by atoms with Crippen molar-refractivity contribution < 1.29 is 31.1 Å². The van der Waals surface area contributed by atoms with E-state index in [4.69, 9.17) is 4.74 Å². The van der Waals surface area contributed by atoms with Crippen molar-refractivity contribution in [2.75, 3.05) is 0 Å². The third-order valence-corrected chi connectivity index (χ3v) is 5.82. The predicted molar refractivity (Wildman–Crippen MR) is 111 cm³/mol. The summed E-state index contributed by atoms with van der Waals surface area (Å²) in [6.07, 6.45) is -9.53. The van der Waals surface area contributed by atoms with E-state index in [2.05, 4.69) is 4.37 Å². The van der Waals surface area contributed by atoms with E-state index >= 15 is 0 Å². The lowest BCUT2D eigenvalue weighted by Crippen LogP contribution is -2.40. The maximum absolute atomic E-state index is 13.2. The van der Waals surface area contributed by atoms with Gasteiger partial charge in [0.15, 0.2) is 0 Å². The molecule has 6 nitrogen and oxygen atoms in total. The number of benzene rings is 2. The molecule has 34 heavy (non-hydrogen) atoms. The highest BCUT2D eigenvalue weighted by atomic mass is 32.1. The van der Waals surface area contributed by atoms with Crippen LogP contribution in [0.25, 0.3) is 15.8 Å². The van der Waals surface area contributed by atoms with Crippen molar-refractivity contribution in [2.45, 2.75) is 19.0 Å². The van der Waals surface area contributed by atoms with Crippen molar-refractivity contribution in [3.8, 4) is 11.4 Å². The monoisotopic (exact) mass is 501 g/mol. The summed E-state index contributed by atoms with van der Waals surface area (Å²) in [6.45, 7) is -0.351. The van der Waals surface area contributed by atoms with Crippen LogP contribution in [0.3, 0.4) is 0 Å². The molecule has 0 spiro atoms. The Hall–Kier alpha value is -3.61. The van der Waals surface area contributed by atoms with Crippen LogP contribution in [0.15, 0.2) is 58.1 Å². The molecule has 2 aromatic heterocycles. The minimum Gasteiger partial charge on any atom is -0.487 e. The van der Waals surface area contributed by atoms with Crippen molar-refractivity contribution in [2.24, 2.45) is 7.05 Å². The largest absolute Gasteiger partial charge is 0.487 e. The molecule has 0 aliphatic rings. The van der Waals surface area contributed by atoms with Crippen molar-refractivity contribution >= 4 is 21.6 Å². The van der Waals surface area contributed by atoms with Gasteiger partial charge >= 0.3 is 18.0 Å². The predicted octanol–water partition coefficient (Wildman–Crippen LogP) is 4.76.